The molecule has 100 valence electrons. The smallest absolute Gasteiger partial charge is 0.375 e. The van der Waals surface area contributed by atoms with Crippen molar-refractivity contribution in [1.29, 1.82) is 0 Å². The summed E-state index contributed by atoms with van der Waals surface area (Å²) in [6, 6.07) is 5.73. The van der Waals surface area contributed by atoms with Gasteiger partial charge in [0.05, 0.1) is 4.92 Å². The summed E-state index contributed by atoms with van der Waals surface area (Å²) in [6.07, 6.45) is -0.749. The fraction of sp³-hybridized carbons (Fsp3) is 0.273. The average molecular weight is 282 g/mol. The molecule has 0 radical (unpaired) electrons. The molecule has 1 amide bonds. The van der Waals surface area contributed by atoms with Crippen molar-refractivity contribution in [2.75, 3.05) is 5.75 Å². The van der Waals surface area contributed by atoms with E-state index in [1.54, 1.807) is 18.2 Å². The summed E-state index contributed by atoms with van der Waals surface area (Å²) in [5, 5.41) is 13.2. The highest BCUT2D eigenvalue weighted by Gasteiger charge is 2.32. The minimum absolute atomic E-state index is 0.0491. The van der Waals surface area contributed by atoms with Crippen molar-refractivity contribution in [3.8, 4) is 0 Å². The Morgan fingerprint density at radius 2 is 2.11 bits per heavy atom. The first-order valence-corrected chi connectivity index (χ1v) is 6.55. The van der Waals surface area contributed by atoms with Crippen molar-refractivity contribution in [1.82, 2.24) is 5.32 Å². The number of nitrogens with zero attached hydrogens (tertiary/aromatic N) is 1. The number of carbonyl (C=O) groups excluding carboxylic acids is 2. The van der Waals surface area contributed by atoms with E-state index in [-0.39, 0.29) is 5.69 Å². The number of alkyl carbamates (subject to hydrolysis) is 1. The van der Waals surface area contributed by atoms with Gasteiger partial charge in [0, 0.05) is 23.1 Å². The van der Waals surface area contributed by atoms with Crippen LogP contribution in [0.1, 0.15) is 5.56 Å². The highest BCUT2D eigenvalue weighted by molar-refractivity contribution is 7.98. The molecule has 1 aliphatic heterocycles. The molecule has 0 bridgehead atoms. The van der Waals surface area contributed by atoms with Crippen molar-refractivity contribution < 1.29 is 19.2 Å². The molecule has 0 saturated carbocycles. The summed E-state index contributed by atoms with van der Waals surface area (Å²) in [5.41, 5.74) is 0.628. The summed E-state index contributed by atoms with van der Waals surface area (Å²) in [7, 11) is 0. The van der Waals surface area contributed by atoms with Gasteiger partial charge in [-0.25, -0.2) is 9.59 Å². The molecular formula is C11H10N2O5S. The number of carbonyl (C=O) groups is 2. The number of para-hydroxylation sites is 1. The summed E-state index contributed by atoms with van der Waals surface area (Å²) >= 11 is 1.32. The van der Waals surface area contributed by atoms with Gasteiger partial charge in [-0.1, -0.05) is 18.2 Å². The van der Waals surface area contributed by atoms with Crippen LogP contribution in [0.15, 0.2) is 24.3 Å². The van der Waals surface area contributed by atoms with Crippen LogP contribution < -0.4 is 5.32 Å². The van der Waals surface area contributed by atoms with Gasteiger partial charge in [0.25, 0.3) is 5.69 Å². The second-order valence-corrected chi connectivity index (χ2v) is 4.84. The third kappa shape index (κ3) is 3.22. The highest BCUT2D eigenvalue weighted by atomic mass is 32.2. The third-order valence-corrected chi connectivity index (χ3v) is 3.58. The van der Waals surface area contributed by atoms with E-state index in [0.717, 1.165) is 0 Å². The normalized spacial score (nSPS) is 18.0. The van der Waals surface area contributed by atoms with Crippen LogP contribution >= 0.6 is 11.8 Å². The monoisotopic (exact) mass is 282 g/mol. The number of nitrogens with one attached hydrogen (secondary N) is 1. The fourth-order valence-corrected chi connectivity index (χ4v) is 2.64. The second kappa shape index (κ2) is 5.70. The second-order valence-electron chi connectivity index (χ2n) is 3.81. The van der Waals surface area contributed by atoms with Gasteiger partial charge in [0.2, 0.25) is 0 Å². The maximum absolute atomic E-state index is 11.2. The van der Waals surface area contributed by atoms with Crippen LogP contribution in [0.3, 0.4) is 0 Å². The molecule has 0 aromatic heterocycles. The number of hydrogen-bond acceptors (Lipinski definition) is 6. The first-order chi connectivity index (χ1) is 9.08. The average Bonchev–Trinajstić information content (AvgIpc) is 2.68. The SMILES string of the molecule is O=C1N[C@@H](CSCc2ccccc2[N+](=O)[O-])C(=O)O1. The largest absolute Gasteiger partial charge is 0.415 e. The molecule has 19 heavy (non-hydrogen) atoms. The molecule has 1 saturated heterocycles. The number of amides is 1. The van der Waals surface area contributed by atoms with Gasteiger partial charge in [-0.05, 0) is 0 Å². The zero-order valence-corrected chi connectivity index (χ0v) is 10.5. The number of cyclic esters (lactones) is 2. The van der Waals surface area contributed by atoms with Gasteiger partial charge < -0.3 is 10.1 Å². The molecule has 7 nitrogen and oxygen atoms in total. The first kappa shape index (κ1) is 13.3. The Balaban J connectivity index is 1.91. The third-order valence-electron chi connectivity index (χ3n) is 2.50. The number of nitro groups is 1. The maximum Gasteiger partial charge on any atom is 0.415 e. The Morgan fingerprint density at radius 1 is 1.37 bits per heavy atom. The minimum atomic E-state index is -0.749. The van der Waals surface area contributed by atoms with E-state index in [0.29, 0.717) is 17.1 Å². The molecule has 8 heteroatoms. The lowest BCUT2D eigenvalue weighted by atomic mass is 10.2. The molecular weight excluding hydrogens is 272 g/mol. The van der Waals surface area contributed by atoms with E-state index in [1.165, 1.54) is 17.8 Å². The molecule has 0 spiro atoms. The number of ether oxygens (including phenoxy) is 1. The van der Waals surface area contributed by atoms with E-state index >= 15 is 0 Å². The van der Waals surface area contributed by atoms with Crippen LogP contribution in [0.4, 0.5) is 10.5 Å². The molecule has 1 aliphatic rings. The Labute approximate surface area is 112 Å². The van der Waals surface area contributed by atoms with E-state index in [9.17, 15) is 19.7 Å². The number of benzene rings is 1. The first-order valence-electron chi connectivity index (χ1n) is 5.40. The molecule has 2 rings (SSSR count). The van der Waals surface area contributed by atoms with Crippen molar-refractivity contribution >= 4 is 29.5 Å². The van der Waals surface area contributed by atoms with Crippen molar-refractivity contribution in [2.24, 2.45) is 0 Å². The van der Waals surface area contributed by atoms with Crippen molar-refractivity contribution in [2.45, 2.75) is 11.8 Å². The van der Waals surface area contributed by atoms with Gasteiger partial charge in [-0.3, -0.25) is 10.1 Å². The van der Waals surface area contributed by atoms with Crippen LogP contribution in [0, 0.1) is 10.1 Å². The summed E-state index contributed by atoms with van der Waals surface area (Å²) in [4.78, 5) is 32.3. The molecule has 1 fully saturated rings. The van der Waals surface area contributed by atoms with Crippen molar-refractivity contribution in [3.05, 3.63) is 39.9 Å². The molecule has 1 atom stereocenters. The van der Waals surface area contributed by atoms with Gasteiger partial charge in [-0.2, -0.15) is 11.8 Å². The number of nitro benzene ring substituents is 1. The topological polar surface area (TPSA) is 98.5 Å². The standard InChI is InChI=1S/C11H10N2O5S/c14-10-8(12-11(15)18-10)6-19-5-7-3-1-2-4-9(7)13(16)17/h1-4,8H,5-6H2,(H,12,15)/t8-/m0/s1. The van der Waals surface area contributed by atoms with Crippen LogP contribution in [0.5, 0.6) is 0 Å². The van der Waals surface area contributed by atoms with E-state index in [2.05, 4.69) is 10.1 Å². The van der Waals surface area contributed by atoms with E-state index < -0.39 is 23.0 Å². The van der Waals surface area contributed by atoms with Crippen LogP contribution in [0.2, 0.25) is 0 Å². The van der Waals surface area contributed by atoms with Crippen molar-refractivity contribution in [3.63, 3.8) is 0 Å². The predicted molar refractivity (Wildman–Crippen MR) is 67.7 cm³/mol. The Kier molecular flexibility index (Phi) is 4.00. The lowest BCUT2D eigenvalue weighted by Crippen LogP contribution is -2.31. The Morgan fingerprint density at radius 3 is 2.74 bits per heavy atom. The quantitative estimate of drug-likeness (QED) is 0.380. The molecule has 1 N–H and O–H groups in total. The van der Waals surface area contributed by atoms with Crippen LogP contribution in [-0.2, 0) is 15.3 Å². The molecule has 0 aliphatic carbocycles. The van der Waals surface area contributed by atoms with Crippen LogP contribution in [0.25, 0.3) is 0 Å². The molecule has 1 heterocycles. The van der Waals surface area contributed by atoms with Gasteiger partial charge in [-0.15, -0.1) is 0 Å². The summed E-state index contributed by atoms with van der Waals surface area (Å²) in [6.45, 7) is 0. The highest BCUT2D eigenvalue weighted by Crippen LogP contribution is 2.23. The number of thioether (sulfide) groups is 1. The Bertz CT molecular complexity index is 534. The zero-order valence-electron chi connectivity index (χ0n) is 9.70. The molecule has 1 aromatic rings. The van der Waals surface area contributed by atoms with Gasteiger partial charge in [0.1, 0.15) is 6.04 Å². The summed E-state index contributed by atoms with van der Waals surface area (Å²) in [5.74, 6) is 0.0908. The summed E-state index contributed by atoms with van der Waals surface area (Å²) < 4.78 is 4.33. The number of esters is 1. The van der Waals surface area contributed by atoms with E-state index in [1.807, 2.05) is 0 Å². The lowest BCUT2D eigenvalue weighted by molar-refractivity contribution is -0.385. The minimum Gasteiger partial charge on any atom is -0.375 e. The number of rotatable bonds is 5. The van der Waals surface area contributed by atoms with E-state index in [4.69, 9.17) is 0 Å². The van der Waals surface area contributed by atoms with Gasteiger partial charge >= 0.3 is 12.1 Å². The van der Waals surface area contributed by atoms with Crippen LogP contribution in [-0.4, -0.2) is 28.8 Å². The zero-order chi connectivity index (χ0) is 13.8. The number of hydrogen-bond donors (Lipinski definition) is 1. The molecule has 0 unspecified atom stereocenters. The predicted octanol–water partition coefficient (Wildman–Crippen LogP) is 1.46. The Hall–Kier alpha value is -2.09. The molecule has 1 aromatic carbocycles. The maximum atomic E-state index is 11.2. The fourth-order valence-electron chi connectivity index (χ4n) is 1.60. The lowest BCUT2D eigenvalue weighted by Gasteiger charge is -2.05. The van der Waals surface area contributed by atoms with Gasteiger partial charge in [0.15, 0.2) is 0 Å².